The normalized spacial score (nSPS) is 21.3. The Morgan fingerprint density at radius 3 is 3.33 bits per heavy atom. The Bertz CT molecular complexity index is 244. The van der Waals surface area contributed by atoms with Gasteiger partial charge in [0.1, 0.15) is 0 Å². The van der Waals surface area contributed by atoms with Gasteiger partial charge in [-0.2, -0.15) is 0 Å². The van der Waals surface area contributed by atoms with Crippen molar-refractivity contribution in [3.63, 3.8) is 0 Å². The molecule has 2 heteroatoms. The van der Waals surface area contributed by atoms with Crippen LogP contribution in [0.4, 0.5) is 0 Å². The smallest absolute Gasteiger partial charge is 0.0545 e. The first kappa shape index (κ1) is 4.68. The molecule has 0 amide bonds. The molecule has 0 aromatic rings. The quantitative estimate of drug-likeness (QED) is 0.458. The Labute approximate surface area is 53.3 Å². The molecule has 0 fully saturated rings. The summed E-state index contributed by atoms with van der Waals surface area (Å²) in [6.45, 7) is 0. The van der Waals surface area contributed by atoms with E-state index in [2.05, 4.69) is 9.98 Å². The van der Waals surface area contributed by atoms with Crippen molar-refractivity contribution in [2.45, 2.75) is 6.42 Å². The third-order valence-corrected chi connectivity index (χ3v) is 1.42. The number of allylic oxidation sites excluding steroid dienone is 2. The van der Waals surface area contributed by atoms with Crippen LogP contribution in [0.15, 0.2) is 34.0 Å². The van der Waals surface area contributed by atoms with Crippen LogP contribution in [0.25, 0.3) is 0 Å². The third-order valence-electron chi connectivity index (χ3n) is 1.42. The zero-order chi connectivity index (χ0) is 6.10. The highest BCUT2D eigenvalue weighted by Gasteiger charge is 2.08. The summed E-state index contributed by atoms with van der Waals surface area (Å²) >= 11 is 0. The molecule has 0 radical (unpaired) electrons. The molecule has 2 aliphatic heterocycles. The van der Waals surface area contributed by atoms with Gasteiger partial charge in [0.25, 0.3) is 0 Å². The van der Waals surface area contributed by atoms with Gasteiger partial charge in [-0.05, 0) is 6.08 Å². The summed E-state index contributed by atoms with van der Waals surface area (Å²) in [5.74, 6) is 0. The maximum absolute atomic E-state index is 4.13. The molecule has 44 valence electrons. The highest BCUT2D eigenvalue weighted by atomic mass is 14.8. The topological polar surface area (TPSA) is 24.7 Å². The number of hydrogen-bond donors (Lipinski definition) is 0. The summed E-state index contributed by atoms with van der Waals surface area (Å²) in [7, 11) is 0. The van der Waals surface area contributed by atoms with Gasteiger partial charge in [-0.25, -0.2) is 0 Å². The van der Waals surface area contributed by atoms with E-state index in [0.717, 1.165) is 17.7 Å². The SMILES string of the molecule is C1=CC2=CN=CCC2=N1. The Kier molecular flexibility index (Phi) is 0.859. The first-order valence-corrected chi connectivity index (χ1v) is 2.92. The van der Waals surface area contributed by atoms with Crippen LogP contribution in [-0.2, 0) is 0 Å². The van der Waals surface area contributed by atoms with E-state index in [1.807, 2.05) is 24.7 Å². The van der Waals surface area contributed by atoms with Gasteiger partial charge >= 0.3 is 0 Å². The lowest BCUT2D eigenvalue weighted by Gasteiger charge is -2.00. The number of nitrogens with zero attached hydrogens (tertiary/aromatic N) is 2. The largest absolute Gasteiger partial charge is 0.268 e. The lowest BCUT2D eigenvalue weighted by atomic mass is 10.1. The predicted molar refractivity (Wildman–Crippen MR) is 37.8 cm³/mol. The maximum Gasteiger partial charge on any atom is 0.0545 e. The van der Waals surface area contributed by atoms with Crippen LogP contribution in [-0.4, -0.2) is 11.9 Å². The van der Waals surface area contributed by atoms with Gasteiger partial charge < -0.3 is 0 Å². The standard InChI is InChI=1S/C7H6N2/c1-4-9-7-2-3-8-5-6(1)7/h1,3-5H,2H2. The lowest BCUT2D eigenvalue weighted by molar-refractivity contribution is 1.43. The minimum absolute atomic E-state index is 0.888. The average molecular weight is 118 g/mol. The van der Waals surface area contributed by atoms with E-state index in [9.17, 15) is 0 Å². The second-order valence-corrected chi connectivity index (χ2v) is 2.01. The van der Waals surface area contributed by atoms with Crippen molar-refractivity contribution in [2.75, 3.05) is 0 Å². The lowest BCUT2D eigenvalue weighted by Crippen LogP contribution is -2.01. The molecule has 9 heavy (non-hydrogen) atoms. The van der Waals surface area contributed by atoms with E-state index in [1.54, 1.807) is 0 Å². The minimum atomic E-state index is 0.888. The van der Waals surface area contributed by atoms with E-state index < -0.39 is 0 Å². The number of rotatable bonds is 0. The molecule has 2 rings (SSSR count). The second kappa shape index (κ2) is 1.65. The van der Waals surface area contributed by atoms with Gasteiger partial charge in [-0.1, -0.05) is 0 Å². The van der Waals surface area contributed by atoms with Crippen LogP contribution in [0.3, 0.4) is 0 Å². The molecule has 0 saturated heterocycles. The Balaban J connectivity index is 2.46. The second-order valence-electron chi connectivity index (χ2n) is 2.01. The fourth-order valence-electron chi connectivity index (χ4n) is 0.939. The zero-order valence-corrected chi connectivity index (χ0v) is 4.91. The molecular weight excluding hydrogens is 112 g/mol. The molecule has 0 aliphatic carbocycles. The Morgan fingerprint density at radius 2 is 2.44 bits per heavy atom. The number of fused-ring (bicyclic) bond motifs is 1. The van der Waals surface area contributed by atoms with Gasteiger partial charge in [-0.3, -0.25) is 9.98 Å². The van der Waals surface area contributed by atoms with Crippen LogP contribution in [0, 0.1) is 0 Å². The van der Waals surface area contributed by atoms with E-state index >= 15 is 0 Å². The summed E-state index contributed by atoms with van der Waals surface area (Å²) in [6.07, 6.45) is 8.39. The van der Waals surface area contributed by atoms with Gasteiger partial charge in [0, 0.05) is 30.6 Å². The van der Waals surface area contributed by atoms with Crippen molar-refractivity contribution in [3.05, 3.63) is 24.0 Å². The van der Waals surface area contributed by atoms with Crippen LogP contribution in [0.5, 0.6) is 0 Å². The Morgan fingerprint density at radius 1 is 1.44 bits per heavy atom. The van der Waals surface area contributed by atoms with Crippen LogP contribution < -0.4 is 0 Å². The molecule has 0 bridgehead atoms. The third kappa shape index (κ3) is 0.633. The summed E-state index contributed by atoms with van der Waals surface area (Å²) in [6, 6.07) is 0. The van der Waals surface area contributed by atoms with E-state index in [4.69, 9.17) is 0 Å². The fraction of sp³-hybridized carbons (Fsp3) is 0.143. The molecule has 0 aromatic heterocycles. The predicted octanol–water partition coefficient (Wildman–Crippen LogP) is 1.31. The van der Waals surface area contributed by atoms with Crippen LogP contribution in [0.1, 0.15) is 6.42 Å². The minimum Gasteiger partial charge on any atom is -0.268 e. The average Bonchev–Trinajstić information content (AvgIpc) is 2.33. The van der Waals surface area contributed by atoms with Crippen molar-refractivity contribution in [3.8, 4) is 0 Å². The molecule has 2 nitrogen and oxygen atoms in total. The molecular formula is C7H6N2. The van der Waals surface area contributed by atoms with Gasteiger partial charge in [0.2, 0.25) is 0 Å². The first-order valence-electron chi connectivity index (χ1n) is 2.92. The van der Waals surface area contributed by atoms with E-state index in [-0.39, 0.29) is 0 Å². The highest BCUT2D eigenvalue weighted by Crippen LogP contribution is 2.13. The van der Waals surface area contributed by atoms with Crippen LogP contribution in [0.2, 0.25) is 0 Å². The van der Waals surface area contributed by atoms with Crippen molar-refractivity contribution >= 4 is 11.9 Å². The summed E-state index contributed by atoms with van der Waals surface area (Å²) in [5, 5.41) is 0. The molecule has 0 unspecified atom stereocenters. The Hall–Kier alpha value is -1.18. The zero-order valence-electron chi connectivity index (χ0n) is 4.91. The summed E-state index contributed by atoms with van der Waals surface area (Å²) < 4.78 is 0. The van der Waals surface area contributed by atoms with Crippen molar-refractivity contribution in [1.29, 1.82) is 0 Å². The summed E-state index contributed by atoms with van der Waals surface area (Å²) in [4.78, 5) is 8.13. The molecule has 0 spiro atoms. The molecule has 2 heterocycles. The maximum atomic E-state index is 4.13. The number of hydrogen-bond acceptors (Lipinski definition) is 2. The molecule has 0 aromatic carbocycles. The van der Waals surface area contributed by atoms with Gasteiger partial charge in [-0.15, -0.1) is 0 Å². The van der Waals surface area contributed by atoms with Gasteiger partial charge in [0.15, 0.2) is 0 Å². The van der Waals surface area contributed by atoms with E-state index in [0.29, 0.717) is 0 Å². The van der Waals surface area contributed by atoms with Gasteiger partial charge in [0.05, 0.1) is 5.71 Å². The highest BCUT2D eigenvalue weighted by molar-refractivity contribution is 6.11. The van der Waals surface area contributed by atoms with Crippen molar-refractivity contribution in [2.24, 2.45) is 9.98 Å². The van der Waals surface area contributed by atoms with E-state index in [1.165, 1.54) is 0 Å². The molecule has 0 saturated carbocycles. The molecule has 2 aliphatic rings. The number of aliphatic imine (C=N–C) groups is 2. The molecule has 0 atom stereocenters. The first-order chi connectivity index (χ1) is 4.47. The fourth-order valence-corrected chi connectivity index (χ4v) is 0.939. The monoisotopic (exact) mass is 118 g/mol. The van der Waals surface area contributed by atoms with Crippen LogP contribution >= 0.6 is 0 Å². The van der Waals surface area contributed by atoms with Crippen molar-refractivity contribution in [1.82, 2.24) is 0 Å². The van der Waals surface area contributed by atoms with Crippen molar-refractivity contribution < 1.29 is 0 Å². The molecule has 0 N–H and O–H groups in total. The summed E-state index contributed by atoms with van der Waals surface area (Å²) in [5.41, 5.74) is 2.31.